The van der Waals surface area contributed by atoms with Gasteiger partial charge in [0.25, 0.3) is 0 Å². The van der Waals surface area contributed by atoms with Crippen LogP contribution in [-0.2, 0) is 0 Å². The minimum Gasteiger partial charge on any atom is -0.494 e. The van der Waals surface area contributed by atoms with Gasteiger partial charge in [-0.15, -0.1) is 0 Å². The summed E-state index contributed by atoms with van der Waals surface area (Å²) in [4.78, 5) is 12.2. The summed E-state index contributed by atoms with van der Waals surface area (Å²) in [7, 11) is 3.16. The molecule has 2 N–H and O–H groups in total. The lowest BCUT2D eigenvalue weighted by Gasteiger charge is -2.15. The minimum absolute atomic E-state index is 0.354. The number of hydrogen-bond donors (Lipinski definition) is 2. The Labute approximate surface area is 130 Å². The first-order chi connectivity index (χ1) is 10.6. The van der Waals surface area contributed by atoms with E-state index in [1.54, 1.807) is 26.4 Å². The number of nitrogens with one attached hydrogen (secondary N) is 2. The molecule has 5 heteroatoms. The van der Waals surface area contributed by atoms with Gasteiger partial charge in [0, 0.05) is 0 Å². The van der Waals surface area contributed by atoms with Gasteiger partial charge in [-0.3, -0.25) is 0 Å². The fraction of sp³-hybridized carbons (Fsp3) is 0.235. The molecule has 0 heterocycles. The zero-order chi connectivity index (χ0) is 16.1. The number of hydrogen-bond acceptors (Lipinski definition) is 3. The van der Waals surface area contributed by atoms with Gasteiger partial charge < -0.3 is 20.1 Å². The van der Waals surface area contributed by atoms with E-state index in [1.165, 1.54) is 0 Å². The highest BCUT2D eigenvalue weighted by atomic mass is 16.5. The van der Waals surface area contributed by atoms with Crippen LogP contribution in [0.5, 0.6) is 11.5 Å². The quantitative estimate of drug-likeness (QED) is 0.898. The van der Waals surface area contributed by atoms with Gasteiger partial charge in [0.2, 0.25) is 0 Å². The molecule has 0 saturated carbocycles. The van der Waals surface area contributed by atoms with Gasteiger partial charge in [-0.25, -0.2) is 4.79 Å². The van der Waals surface area contributed by atoms with E-state index in [0.717, 1.165) is 11.1 Å². The van der Waals surface area contributed by atoms with Crippen LogP contribution in [-0.4, -0.2) is 20.3 Å². The van der Waals surface area contributed by atoms with Gasteiger partial charge in [0.15, 0.2) is 0 Å². The highest BCUT2D eigenvalue weighted by Gasteiger charge is 2.12. The Morgan fingerprint density at radius 3 is 1.59 bits per heavy atom. The lowest BCUT2D eigenvalue weighted by molar-refractivity contribution is 0.262. The number of carbonyl (C=O) groups is 1. The van der Waals surface area contributed by atoms with E-state index in [1.807, 2.05) is 38.1 Å². The van der Waals surface area contributed by atoms with E-state index >= 15 is 0 Å². The Kier molecular flexibility index (Phi) is 4.88. The van der Waals surface area contributed by atoms with Crippen LogP contribution in [0.1, 0.15) is 11.1 Å². The Bertz CT molecular complexity index is 626. The number of aryl methyl sites for hydroxylation is 2. The van der Waals surface area contributed by atoms with Crippen LogP contribution < -0.4 is 20.1 Å². The lowest BCUT2D eigenvalue weighted by Crippen LogP contribution is -2.20. The molecule has 116 valence electrons. The molecule has 0 radical (unpaired) electrons. The maximum Gasteiger partial charge on any atom is 0.323 e. The highest BCUT2D eigenvalue weighted by molar-refractivity contribution is 6.01. The van der Waals surface area contributed by atoms with Crippen LogP contribution in [0.3, 0.4) is 0 Å². The Hall–Kier alpha value is -2.69. The second-order valence-corrected chi connectivity index (χ2v) is 4.89. The van der Waals surface area contributed by atoms with Crippen LogP contribution in [0, 0.1) is 13.8 Å². The standard InChI is InChI=1S/C17H20N2O3/c1-11-7-5-9-13(15(11)21-3)18-17(20)19-14-10-6-8-12(2)16(14)22-4/h5-10H,1-4H3,(H2,18,19,20). The van der Waals surface area contributed by atoms with Crippen molar-refractivity contribution in [1.29, 1.82) is 0 Å². The monoisotopic (exact) mass is 300 g/mol. The van der Waals surface area contributed by atoms with Crippen molar-refractivity contribution in [2.45, 2.75) is 13.8 Å². The average Bonchev–Trinajstić information content (AvgIpc) is 2.47. The van der Waals surface area contributed by atoms with Gasteiger partial charge >= 0.3 is 6.03 Å². The molecule has 22 heavy (non-hydrogen) atoms. The average molecular weight is 300 g/mol. The maximum atomic E-state index is 12.2. The minimum atomic E-state index is -0.354. The van der Waals surface area contributed by atoms with Crippen molar-refractivity contribution >= 4 is 17.4 Å². The molecular weight excluding hydrogens is 280 g/mol. The fourth-order valence-corrected chi connectivity index (χ4v) is 2.32. The van der Waals surface area contributed by atoms with E-state index in [-0.39, 0.29) is 6.03 Å². The van der Waals surface area contributed by atoms with Crippen molar-refractivity contribution in [2.75, 3.05) is 24.9 Å². The van der Waals surface area contributed by atoms with Gasteiger partial charge in [0.1, 0.15) is 11.5 Å². The predicted molar refractivity (Wildman–Crippen MR) is 88.1 cm³/mol. The van der Waals surface area contributed by atoms with Crippen LogP contribution in [0.25, 0.3) is 0 Å². The summed E-state index contributed by atoms with van der Waals surface area (Å²) in [6.45, 7) is 3.84. The normalized spacial score (nSPS) is 10.0. The summed E-state index contributed by atoms with van der Waals surface area (Å²) in [5, 5.41) is 5.58. The number of carbonyl (C=O) groups excluding carboxylic acids is 1. The molecule has 2 aromatic rings. The smallest absolute Gasteiger partial charge is 0.323 e. The number of anilines is 2. The number of amides is 2. The van der Waals surface area contributed by atoms with Crippen LogP contribution >= 0.6 is 0 Å². The molecule has 5 nitrogen and oxygen atoms in total. The van der Waals surface area contributed by atoms with E-state index in [4.69, 9.17) is 9.47 Å². The summed E-state index contributed by atoms with van der Waals surface area (Å²) >= 11 is 0. The zero-order valence-corrected chi connectivity index (χ0v) is 13.2. The van der Waals surface area contributed by atoms with Crippen molar-refractivity contribution in [3.8, 4) is 11.5 Å². The molecule has 0 aliphatic carbocycles. The van der Waals surface area contributed by atoms with Crippen molar-refractivity contribution in [1.82, 2.24) is 0 Å². The topological polar surface area (TPSA) is 59.6 Å². The van der Waals surface area contributed by atoms with Gasteiger partial charge in [-0.2, -0.15) is 0 Å². The third kappa shape index (κ3) is 3.31. The van der Waals surface area contributed by atoms with Crippen molar-refractivity contribution in [2.24, 2.45) is 0 Å². The van der Waals surface area contributed by atoms with Gasteiger partial charge in [0.05, 0.1) is 25.6 Å². The largest absolute Gasteiger partial charge is 0.494 e. The van der Waals surface area contributed by atoms with E-state index in [9.17, 15) is 4.79 Å². The number of para-hydroxylation sites is 2. The molecule has 2 rings (SSSR count). The molecule has 0 unspecified atom stereocenters. The van der Waals surface area contributed by atoms with Gasteiger partial charge in [-0.1, -0.05) is 24.3 Å². The number of benzene rings is 2. The van der Waals surface area contributed by atoms with E-state index in [0.29, 0.717) is 22.9 Å². The summed E-state index contributed by atoms with van der Waals surface area (Å²) in [6, 6.07) is 10.8. The Morgan fingerprint density at radius 1 is 0.818 bits per heavy atom. The molecule has 0 bridgehead atoms. The first kappa shape index (κ1) is 15.7. The van der Waals surface area contributed by atoms with Crippen LogP contribution in [0.2, 0.25) is 0 Å². The van der Waals surface area contributed by atoms with Crippen molar-refractivity contribution < 1.29 is 14.3 Å². The third-order valence-corrected chi connectivity index (χ3v) is 3.33. The molecule has 0 aliphatic rings. The first-order valence-corrected chi connectivity index (χ1v) is 6.92. The fourth-order valence-electron chi connectivity index (χ4n) is 2.32. The summed E-state index contributed by atoms with van der Waals surface area (Å²) < 4.78 is 10.6. The van der Waals surface area contributed by atoms with Gasteiger partial charge in [-0.05, 0) is 37.1 Å². The molecule has 0 saturated heterocycles. The Morgan fingerprint density at radius 2 is 1.23 bits per heavy atom. The van der Waals surface area contributed by atoms with Crippen molar-refractivity contribution in [3.05, 3.63) is 47.5 Å². The molecule has 2 amide bonds. The Balaban J connectivity index is 2.18. The number of ether oxygens (including phenoxy) is 2. The molecule has 0 aliphatic heterocycles. The zero-order valence-electron chi connectivity index (χ0n) is 13.2. The molecule has 0 fully saturated rings. The summed E-state index contributed by atoms with van der Waals surface area (Å²) in [5.41, 5.74) is 3.14. The molecule has 0 spiro atoms. The molecular formula is C17H20N2O3. The highest BCUT2D eigenvalue weighted by Crippen LogP contribution is 2.30. The first-order valence-electron chi connectivity index (χ1n) is 6.92. The number of methoxy groups -OCH3 is 2. The second-order valence-electron chi connectivity index (χ2n) is 4.89. The predicted octanol–water partition coefficient (Wildman–Crippen LogP) is 3.96. The van der Waals surface area contributed by atoms with Crippen molar-refractivity contribution in [3.63, 3.8) is 0 Å². The SMILES string of the molecule is COc1c(C)cccc1NC(=O)Nc1cccc(C)c1OC. The number of rotatable bonds is 4. The maximum absolute atomic E-state index is 12.2. The van der Waals surface area contributed by atoms with E-state index < -0.39 is 0 Å². The summed E-state index contributed by atoms with van der Waals surface area (Å²) in [6.07, 6.45) is 0. The lowest BCUT2D eigenvalue weighted by atomic mass is 10.2. The van der Waals surface area contributed by atoms with Crippen LogP contribution in [0.15, 0.2) is 36.4 Å². The van der Waals surface area contributed by atoms with E-state index in [2.05, 4.69) is 10.6 Å². The molecule has 0 atom stereocenters. The third-order valence-electron chi connectivity index (χ3n) is 3.33. The van der Waals surface area contributed by atoms with Crippen LogP contribution in [0.4, 0.5) is 16.2 Å². The summed E-state index contributed by atoms with van der Waals surface area (Å²) in [5.74, 6) is 1.29. The second kappa shape index (κ2) is 6.85. The molecule has 2 aromatic carbocycles. The number of urea groups is 1. The molecule has 0 aromatic heterocycles.